The Kier molecular flexibility index (Phi) is 6.78. The minimum atomic E-state index is -1.05. The van der Waals surface area contributed by atoms with Crippen molar-refractivity contribution in [3.8, 4) is 5.75 Å². The van der Waals surface area contributed by atoms with Gasteiger partial charge in [-0.25, -0.2) is 13.8 Å². The van der Waals surface area contributed by atoms with Gasteiger partial charge in [0.2, 0.25) is 0 Å². The van der Waals surface area contributed by atoms with Crippen molar-refractivity contribution in [3.05, 3.63) is 52.2 Å². The third-order valence-corrected chi connectivity index (χ3v) is 6.17. The molecule has 4 unspecified atom stereocenters. The SMILES string of the molecule is CCC1CC(F)C(COc2cc(F)ccc2C(=O)N2C/C(=C3\N=CC(Cl)=CN3)C(N)C2)N1. The molecule has 32 heavy (non-hydrogen) atoms. The highest BCUT2D eigenvalue weighted by molar-refractivity contribution is 6.39. The lowest BCUT2D eigenvalue weighted by molar-refractivity contribution is 0.0788. The van der Waals surface area contributed by atoms with E-state index in [0.29, 0.717) is 17.3 Å². The summed E-state index contributed by atoms with van der Waals surface area (Å²) < 4.78 is 33.9. The van der Waals surface area contributed by atoms with Crippen molar-refractivity contribution in [2.75, 3.05) is 19.7 Å². The Morgan fingerprint density at radius 2 is 2.25 bits per heavy atom. The van der Waals surface area contributed by atoms with E-state index in [9.17, 15) is 13.6 Å². The summed E-state index contributed by atoms with van der Waals surface area (Å²) >= 11 is 5.87. The first-order valence-corrected chi connectivity index (χ1v) is 11.0. The molecule has 7 nitrogen and oxygen atoms in total. The Bertz CT molecular complexity index is 983. The summed E-state index contributed by atoms with van der Waals surface area (Å²) in [6.45, 7) is 2.52. The lowest BCUT2D eigenvalue weighted by Crippen LogP contribution is -2.37. The number of hydrogen-bond acceptors (Lipinski definition) is 6. The van der Waals surface area contributed by atoms with E-state index in [1.54, 1.807) is 11.1 Å². The summed E-state index contributed by atoms with van der Waals surface area (Å²) in [5, 5.41) is 6.62. The van der Waals surface area contributed by atoms with Crippen LogP contribution in [0.4, 0.5) is 8.78 Å². The van der Waals surface area contributed by atoms with Crippen LogP contribution in [0.15, 0.2) is 45.8 Å². The van der Waals surface area contributed by atoms with Crippen molar-refractivity contribution in [2.45, 2.75) is 44.1 Å². The third-order valence-electron chi connectivity index (χ3n) is 5.96. The van der Waals surface area contributed by atoms with Gasteiger partial charge in [-0.3, -0.25) is 4.79 Å². The van der Waals surface area contributed by atoms with E-state index in [4.69, 9.17) is 22.1 Å². The van der Waals surface area contributed by atoms with Crippen molar-refractivity contribution in [3.63, 3.8) is 0 Å². The quantitative estimate of drug-likeness (QED) is 0.621. The molecular weight excluding hydrogens is 440 g/mol. The first-order chi connectivity index (χ1) is 15.4. The number of benzene rings is 1. The Balaban J connectivity index is 1.48. The number of nitrogens with one attached hydrogen (secondary N) is 2. The van der Waals surface area contributed by atoms with Gasteiger partial charge in [-0.05, 0) is 25.0 Å². The maximum Gasteiger partial charge on any atom is 0.257 e. The maximum absolute atomic E-state index is 14.3. The monoisotopic (exact) mass is 465 g/mol. The number of allylic oxidation sites excluding steroid dienone is 1. The normalized spacial score (nSPS) is 29.8. The van der Waals surface area contributed by atoms with Gasteiger partial charge in [-0.15, -0.1) is 0 Å². The van der Waals surface area contributed by atoms with Gasteiger partial charge in [0.25, 0.3) is 5.91 Å². The number of ether oxygens (including phenoxy) is 1. The standard InChI is InChI=1S/C22H26ClF2N5O2/c1-2-14-6-17(25)19(29-14)11-32-20-5-13(24)3-4-15(20)22(31)30-9-16(18(26)10-30)21-27-7-12(23)8-28-21/h3-5,7-8,14,17-19,27,29H,2,6,9-11,26H2,1H3/b21-16+. The molecule has 0 aromatic heterocycles. The number of amides is 1. The zero-order valence-electron chi connectivity index (χ0n) is 17.7. The Morgan fingerprint density at radius 1 is 1.44 bits per heavy atom. The fourth-order valence-corrected chi connectivity index (χ4v) is 4.25. The predicted molar refractivity (Wildman–Crippen MR) is 119 cm³/mol. The largest absolute Gasteiger partial charge is 0.491 e. The van der Waals surface area contributed by atoms with Gasteiger partial charge in [0.15, 0.2) is 0 Å². The van der Waals surface area contributed by atoms with Gasteiger partial charge < -0.3 is 26.0 Å². The number of alkyl halides is 1. The number of aliphatic imine (C=N–C) groups is 1. The molecule has 172 valence electrons. The fourth-order valence-electron chi connectivity index (χ4n) is 4.14. The number of likely N-dealkylation sites (tertiary alicyclic amines) is 1. The number of halogens is 3. The summed E-state index contributed by atoms with van der Waals surface area (Å²) in [7, 11) is 0. The van der Waals surface area contributed by atoms with Gasteiger partial charge >= 0.3 is 0 Å². The molecule has 3 aliphatic heterocycles. The van der Waals surface area contributed by atoms with Crippen LogP contribution in [0.3, 0.4) is 0 Å². The number of carbonyl (C=O) groups is 1. The van der Waals surface area contributed by atoms with Gasteiger partial charge in [-0.2, -0.15) is 0 Å². The van der Waals surface area contributed by atoms with Crippen molar-refractivity contribution in [1.29, 1.82) is 0 Å². The first kappa shape index (κ1) is 22.7. The highest BCUT2D eigenvalue weighted by atomic mass is 35.5. The molecule has 4 N–H and O–H groups in total. The highest BCUT2D eigenvalue weighted by Gasteiger charge is 2.35. The highest BCUT2D eigenvalue weighted by Crippen LogP contribution is 2.27. The smallest absolute Gasteiger partial charge is 0.257 e. The van der Waals surface area contributed by atoms with Crippen LogP contribution in [-0.2, 0) is 0 Å². The maximum atomic E-state index is 14.3. The Hall–Kier alpha value is -2.49. The second-order valence-corrected chi connectivity index (χ2v) is 8.62. The lowest BCUT2D eigenvalue weighted by Gasteiger charge is -2.20. The molecule has 10 heteroatoms. The van der Waals surface area contributed by atoms with Crippen molar-refractivity contribution >= 4 is 23.7 Å². The second kappa shape index (κ2) is 9.56. The minimum absolute atomic E-state index is 0.00193. The van der Waals surface area contributed by atoms with Crippen LogP contribution >= 0.6 is 11.6 Å². The van der Waals surface area contributed by atoms with E-state index in [2.05, 4.69) is 15.6 Å². The second-order valence-electron chi connectivity index (χ2n) is 8.18. The fraction of sp³-hybridized carbons (Fsp3) is 0.455. The van der Waals surface area contributed by atoms with Gasteiger partial charge in [-0.1, -0.05) is 18.5 Å². The van der Waals surface area contributed by atoms with Gasteiger partial charge in [0.05, 0.1) is 16.6 Å². The lowest BCUT2D eigenvalue weighted by atomic mass is 10.1. The minimum Gasteiger partial charge on any atom is -0.491 e. The molecule has 0 spiro atoms. The third kappa shape index (κ3) is 4.79. The average Bonchev–Trinajstić information content (AvgIpc) is 3.34. The van der Waals surface area contributed by atoms with E-state index in [0.717, 1.165) is 18.1 Å². The first-order valence-electron chi connectivity index (χ1n) is 10.6. The van der Waals surface area contributed by atoms with Crippen LogP contribution in [-0.4, -0.2) is 61.0 Å². The van der Waals surface area contributed by atoms with Gasteiger partial charge in [0.1, 0.15) is 30.2 Å². The molecular formula is C22H26ClF2N5O2. The van der Waals surface area contributed by atoms with Crippen molar-refractivity contribution in [2.24, 2.45) is 10.7 Å². The van der Waals surface area contributed by atoms with E-state index >= 15 is 0 Å². The van der Waals surface area contributed by atoms with Crippen LogP contribution < -0.4 is 21.1 Å². The van der Waals surface area contributed by atoms with Crippen molar-refractivity contribution < 1.29 is 18.3 Å². The molecule has 0 saturated carbocycles. The van der Waals surface area contributed by atoms with Gasteiger partial charge in [0, 0.05) is 49.2 Å². The molecule has 1 aromatic rings. The van der Waals surface area contributed by atoms with E-state index in [1.807, 2.05) is 6.92 Å². The number of rotatable bonds is 5. The summed E-state index contributed by atoms with van der Waals surface area (Å²) in [6, 6.07) is 2.92. The molecule has 4 atom stereocenters. The van der Waals surface area contributed by atoms with E-state index < -0.39 is 24.1 Å². The molecule has 1 aromatic carbocycles. The van der Waals surface area contributed by atoms with Crippen LogP contribution in [0, 0.1) is 5.82 Å². The summed E-state index contributed by atoms with van der Waals surface area (Å²) in [6.07, 6.45) is 3.28. The van der Waals surface area contributed by atoms with E-state index in [-0.39, 0.29) is 43.0 Å². The summed E-state index contributed by atoms with van der Waals surface area (Å²) in [5.41, 5.74) is 7.20. The number of nitrogens with two attached hydrogens (primary N) is 1. The molecule has 4 rings (SSSR count). The van der Waals surface area contributed by atoms with Crippen molar-refractivity contribution in [1.82, 2.24) is 15.5 Å². The van der Waals surface area contributed by atoms with Crippen LogP contribution in [0.1, 0.15) is 30.1 Å². The van der Waals surface area contributed by atoms with Crippen LogP contribution in [0.25, 0.3) is 0 Å². The number of nitrogens with zero attached hydrogens (tertiary/aromatic N) is 2. The Morgan fingerprint density at radius 3 is 2.94 bits per heavy atom. The zero-order chi connectivity index (χ0) is 22.8. The number of hydrogen-bond donors (Lipinski definition) is 3. The molecule has 0 bridgehead atoms. The zero-order valence-corrected chi connectivity index (χ0v) is 18.4. The molecule has 3 aliphatic rings. The molecule has 0 radical (unpaired) electrons. The molecule has 2 saturated heterocycles. The van der Waals surface area contributed by atoms with Crippen LogP contribution in [0.5, 0.6) is 5.75 Å². The molecule has 3 heterocycles. The van der Waals surface area contributed by atoms with E-state index in [1.165, 1.54) is 18.3 Å². The van der Waals surface area contributed by atoms with Crippen LogP contribution in [0.2, 0.25) is 0 Å². The topological polar surface area (TPSA) is 92.0 Å². The molecule has 0 aliphatic carbocycles. The average molecular weight is 466 g/mol. The number of carbonyl (C=O) groups excluding carboxylic acids is 1. The molecule has 1 amide bonds. The Labute approximate surface area is 190 Å². The predicted octanol–water partition coefficient (Wildman–Crippen LogP) is 2.43. The summed E-state index contributed by atoms with van der Waals surface area (Å²) in [4.78, 5) is 19.0. The summed E-state index contributed by atoms with van der Waals surface area (Å²) in [5.74, 6) is -0.242. The molecule has 2 fully saturated rings.